The molecule has 0 unspecified atom stereocenters. The number of nitrogens with zero attached hydrogens (tertiary/aromatic N) is 1. The Morgan fingerprint density at radius 2 is 0.680 bits per heavy atom. The van der Waals surface area contributed by atoms with E-state index in [0.29, 0.717) is 11.4 Å². The van der Waals surface area contributed by atoms with E-state index < -0.39 is 17.2 Å². The molecule has 9 heteroatoms. The second-order valence-corrected chi connectivity index (χ2v) is 31.9. The number of aromatic nitrogens is 1. The molecule has 0 saturated heterocycles. The lowest BCUT2D eigenvalue weighted by Gasteiger charge is -2.36. The van der Waals surface area contributed by atoms with E-state index in [1.165, 1.54) is 22.3 Å². The van der Waals surface area contributed by atoms with Gasteiger partial charge in [0.1, 0.15) is 35.3 Å². The molecule has 0 bridgehead atoms. The SMILES string of the molecule is CC1c2cc(C(C)(C)C)cc(C(C)(C)C)c2OP(OCc2ncccc2OP2Oc3c(cc(C(C)(C)C)cc3C(C)(C)C)C(C)c3cc(C(C)(C)C)cc(C(C)(C)C)c3O2)Oc2c1cc(C(C)(C)C)cc2C(C)(C)C. The largest absolute Gasteiger partial charge is 0.530 e. The van der Waals surface area contributed by atoms with Crippen molar-refractivity contribution in [1.29, 1.82) is 0 Å². The highest BCUT2D eigenvalue weighted by Crippen LogP contribution is 2.59. The van der Waals surface area contributed by atoms with Gasteiger partial charge >= 0.3 is 17.2 Å². The van der Waals surface area contributed by atoms with Crippen LogP contribution in [0.15, 0.2) is 66.9 Å². The zero-order chi connectivity index (χ0) is 56.1. The molecule has 1 aromatic heterocycles. The molecule has 0 saturated carbocycles. The summed E-state index contributed by atoms with van der Waals surface area (Å²) in [6.45, 7) is 59.2. The number of fused-ring (bicyclic) bond motifs is 4. The minimum atomic E-state index is -2.12. The fourth-order valence-electron chi connectivity index (χ4n) is 9.83. The molecule has 5 aromatic rings. The van der Waals surface area contributed by atoms with Crippen molar-refractivity contribution in [2.75, 3.05) is 0 Å². The number of rotatable bonds is 5. The summed E-state index contributed by atoms with van der Waals surface area (Å²) in [4.78, 5) is 4.94. The summed E-state index contributed by atoms with van der Waals surface area (Å²) in [5.74, 6) is 3.64. The summed E-state index contributed by atoms with van der Waals surface area (Å²) in [7, 11) is -4.18. The van der Waals surface area contributed by atoms with Gasteiger partial charge in [-0.15, -0.1) is 0 Å². The molecule has 0 amide bonds. The maximum atomic E-state index is 7.29. The van der Waals surface area contributed by atoms with E-state index in [9.17, 15) is 0 Å². The van der Waals surface area contributed by atoms with Gasteiger partial charge in [-0.3, -0.25) is 9.51 Å². The summed E-state index contributed by atoms with van der Waals surface area (Å²) in [6, 6.07) is 22.6. The number of hydrogen-bond acceptors (Lipinski definition) is 7. The van der Waals surface area contributed by atoms with Crippen molar-refractivity contribution in [3.8, 4) is 28.7 Å². The zero-order valence-electron chi connectivity index (χ0n) is 51.0. The Bertz CT molecular complexity index is 2760. The molecule has 0 aliphatic carbocycles. The summed E-state index contributed by atoms with van der Waals surface area (Å²) >= 11 is 0. The van der Waals surface area contributed by atoms with Crippen LogP contribution in [-0.2, 0) is 54.5 Å². The fraction of sp³-hybridized carbons (Fsp3) is 0.561. The summed E-state index contributed by atoms with van der Waals surface area (Å²) < 4.78 is 43.2. The lowest BCUT2D eigenvalue weighted by Crippen LogP contribution is -2.23. The van der Waals surface area contributed by atoms with Crippen LogP contribution in [0.3, 0.4) is 0 Å². The average molecular weight is 1060 g/mol. The van der Waals surface area contributed by atoms with Gasteiger partial charge in [-0.1, -0.05) is 229 Å². The second kappa shape index (κ2) is 19.9. The van der Waals surface area contributed by atoms with Crippen molar-refractivity contribution in [2.45, 2.75) is 242 Å². The molecule has 75 heavy (non-hydrogen) atoms. The van der Waals surface area contributed by atoms with Gasteiger partial charge in [0.2, 0.25) is 0 Å². The van der Waals surface area contributed by atoms with Crippen molar-refractivity contribution in [2.24, 2.45) is 0 Å². The normalized spacial score (nSPS) is 18.8. The van der Waals surface area contributed by atoms with Gasteiger partial charge in [0.15, 0.2) is 5.75 Å². The lowest BCUT2D eigenvalue weighted by atomic mass is 9.74. The Hall–Kier alpha value is -4.15. The molecule has 7 rings (SSSR count). The van der Waals surface area contributed by atoms with Gasteiger partial charge in [0, 0.05) is 62.5 Å². The first-order chi connectivity index (χ1) is 34.0. The Morgan fingerprint density at radius 3 is 0.947 bits per heavy atom. The van der Waals surface area contributed by atoms with E-state index in [1.54, 1.807) is 6.20 Å². The molecule has 2 aliphatic rings. The van der Waals surface area contributed by atoms with Gasteiger partial charge in [0.25, 0.3) is 0 Å². The molecule has 3 heterocycles. The van der Waals surface area contributed by atoms with Crippen LogP contribution in [0.25, 0.3) is 0 Å². The highest BCUT2D eigenvalue weighted by molar-refractivity contribution is 7.43. The minimum Gasteiger partial charge on any atom is -0.417 e. The van der Waals surface area contributed by atoms with E-state index in [-0.39, 0.29) is 61.8 Å². The van der Waals surface area contributed by atoms with Crippen molar-refractivity contribution in [1.82, 2.24) is 4.98 Å². The van der Waals surface area contributed by atoms with Gasteiger partial charge in [0.05, 0.1) is 0 Å². The maximum Gasteiger partial charge on any atom is 0.530 e. The molecule has 0 N–H and O–H groups in total. The first kappa shape index (κ1) is 58.5. The highest BCUT2D eigenvalue weighted by atomic mass is 31.2. The molecule has 0 spiro atoms. The van der Waals surface area contributed by atoms with Crippen molar-refractivity contribution in [3.63, 3.8) is 0 Å². The lowest BCUT2D eigenvalue weighted by molar-refractivity contribution is 0.245. The number of benzene rings is 4. The van der Waals surface area contributed by atoms with Gasteiger partial charge < -0.3 is 22.6 Å². The van der Waals surface area contributed by atoms with Crippen molar-refractivity contribution < 1.29 is 27.1 Å². The molecule has 0 fully saturated rings. The third-order valence-corrected chi connectivity index (χ3v) is 17.0. The Balaban J connectivity index is 1.38. The van der Waals surface area contributed by atoms with Crippen LogP contribution in [0, 0.1) is 0 Å². The van der Waals surface area contributed by atoms with Crippen LogP contribution < -0.4 is 22.6 Å². The quantitative estimate of drug-likeness (QED) is 0.162. The third-order valence-electron chi connectivity index (χ3n) is 15.0. The second-order valence-electron chi connectivity index (χ2n) is 29.8. The van der Waals surface area contributed by atoms with Gasteiger partial charge in [-0.05, 0) is 77.7 Å². The molecule has 7 nitrogen and oxygen atoms in total. The molecule has 2 aliphatic heterocycles. The summed E-state index contributed by atoms with van der Waals surface area (Å²) in [6.07, 6.45) is 1.78. The fourth-order valence-corrected chi connectivity index (χ4v) is 12.0. The summed E-state index contributed by atoms with van der Waals surface area (Å²) in [5.41, 5.74) is 13.2. The smallest absolute Gasteiger partial charge is 0.417 e. The van der Waals surface area contributed by atoms with Crippen LogP contribution in [0.1, 0.15) is 264 Å². The summed E-state index contributed by atoms with van der Waals surface area (Å²) in [5, 5.41) is 0. The first-order valence-electron chi connectivity index (χ1n) is 27.4. The van der Waals surface area contributed by atoms with Crippen LogP contribution in [0.5, 0.6) is 28.7 Å². The molecular formula is C66H93NO6P2. The molecule has 408 valence electrons. The molecule has 0 radical (unpaired) electrons. The van der Waals surface area contributed by atoms with Crippen LogP contribution in [-0.4, -0.2) is 4.98 Å². The highest BCUT2D eigenvalue weighted by Gasteiger charge is 2.41. The first-order valence-corrected chi connectivity index (χ1v) is 29.6. The van der Waals surface area contributed by atoms with Crippen molar-refractivity contribution >= 4 is 17.2 Å². The van der Waals surface area contributed by atoms with E-state index in [2.05, 4.69) is 229 Å². The average Bonchev–Trinajstić information content (AvgIpc) is 3.24. The van der Waals surface area contributed by atoms with E-state index in [0.717, 1.165) is 67.5 Å². The maximum absolute atomic E-state index is 7.29. The third kappa shape index (κ3) is 12.6. The van der Waals surface area contributed by atoms with E-state index in [1.807, 2.05) is 12.1 Å². The Kier molecular flexibility index (Phi) is 15.6. The topological polar surface area (TPSA) is 68.3 Å². The van der Waals surface area contributed by atoms with Crippen LogP contribution in [0.4, 0.5) is 0 Å². The molecule has 0 atom stereocenters. The monoisotopic (exact) mass is 1060 g/mol. The standard InChI is InChI=1S/C66H93NO6P2/c1-39-45-30-41(59(3,4)5)34-49(63(15,16)17)55(45)70-74(71-56-46(39)31-42(60(6,7)8)35-50(56)64(18,19)20)68-38-53-54(28-27-29-67-53)69-75-72-57-47(32-43(61(9,10)11)36-51(57)65(21,22)23)40(2)48-33-44(62(12,13)14)37-52(58(48)73-75)66(24,25)26/h27-37,39-40H,38H2,1-26H3. The van der Waals surface area contributed by atoms with Crippen LogP contribution >= 0.6 is 17.2 Å². The van der Waals surface area contributed by atoms with Crippen molar-refractivity contribution in [3.05, 3.63) is 139 Å². The van der Waals surface area contributed by atoms with Gasteiger partial charge in [-0.2, -0.15) is 0 Å². The number of hydrogen-bond donors (Lipinski definition) is 0. The van der Waals surface area contributed by atoms with Gasteiger partial charge in [-0.25, -0.2) is 0 Å². The predicted octanol–water partition coefficient (Wildman–Crippen LogP) is 20.1. The molecule has 4 aromatic carbocycles. The Labute approximate surface area is 457 Å². The van der Waals surface area contributed by atoms with E-state index >= 15 is 0 Å². The Morgan fingerprint density at radius 1 is 0.400 bits per heavy atom. The predicted molar refractivity (Wildman–Crippen MR) is 316 cm³/mol. The molecular weight excluding hydrogens is 965 g/mol. The number of pyridine rings is 1. The minimum absolute atomic E-state index is 0.0374. The zero-order valence-corrected chi connectivity index (χ0v) is 52.8. The van der Waals surface area contributed by atoms with E-state index in [4.69, 9.17) is 32.1 Å². The van der Waals surface area contributed by atoms with Crippen LogP contribution in [0.2, 0.25) is 0 Å².